The predicted molar refractivity (Wildman–Crippen MR) is 107 cm³/mol. The van der Waals surface area contributed by atoms with Gasteiger partial charge in [0.25, 0.3) is 0 Å². The lowest BCUT2D eigenvalue weighted by molar-refractivity contribution is -0.923. The molecule has 0 fully saturated rings. The van der Waals surface area contributed by atoms with E-state index in [9.17, 15) is 4.79 Å². The zero-order chi connectivity index (χ0) is 18.5. The molecule has 0 radical (unpaired) electrons. The van der Waals surface area contributed by atoms with Gasteiger partial charge in [-0.15, -0.1) is 6.58 Å². The smallest absolute Gasteiger partial charge is 0.221 e. The lowest BCUT2D eigenvalue weighted by Crippen LogP contribution is -2.62. The first-order valence-corrected chi connectivity index (χ1v) is 10.3. The van der Waals surface area contributed by atoms with Crippen molar-refractivity contribution in [1.82, 2.24) is 10.6 Å². The van der Waals surface area contributed by atoms with Crippen molar-refractivity contribution in [2.45, 2.75) is 97.3 Å². The first-order valence-electron chi connectivity index (χ1n) is 10.3. The van der Waals surface area contributed by atoms with Crippen LogP contribution in [0.1, 0.15) is 85.0 Å². The summed E-state index contributed by atoms with van der Waals surface area (Å²) >= 11 is 0. The standard InChI is InChI=1S/C21H39N3O/c1-5-7-8-9-10-11-12-13-14-15-16-21-22-17-18-24(21,6-2)19(3)23-20(4)25/h5,17-19,21-22H,1,6-16H2,2-4H3/p+1. The molecule has 0 aromatic rings. The van der Waals surface area contributed by atoms with E-state index >= 15 is 0 Å². The first kappa shape index (κ1) is 21.8. The second kappa shape index (κ2) is 12.1. The van der Waals surface area contributed by atoms with Crippen molar-refractivity contribution in [3.8, 4) is 0 Å². The molecule has 3 unspecified atom stereocenters. The Morgan fingerprint density at radius 1 is 1.20 bits per heavy atom. The topological polar surface area (TPSA) is 41.1 Å². The van der Waals surface area contributed by atoms with Crippen LogP contribution in [0, 0.1) is 0 Å². The monoisotopic (exact) mass is 350 g/mol. The summed E-state index contributed by atoms with van der Waals surface area (Å²) in [6.45, 7) is 10.7. The maximum Gasteiger partial charge on any atom is 0.221 e. The van der Waals surface area contributed by atoms with Crippen molar-refractivity contribution < 1.29 is 9.28 Å². The van der Waals surface area contributed by atoms with Gasteiger partial charge < -0.3 is 10.6 Å². The fourth-order valence-corrected chi connectivity index (χ4v) is 3.96. The molecule has 1 heterocycles. The van der Waals surface area contributed by atoms with Crippen LogP contribution in [0.15, 0.2) is 25.1 Å². The molecule has 1 amide bonds. The lowest BCUT2D eigenvalue weighted by Gasteiger charge is -2.41. The molecule has 1 aliphatic heterocycles. The van der Waals surface area contributed by atoms with Crippen LogP contribution in [-0.4, -0.2) is 29.3 Å². The quantitative estimate of drug-likeness (QED) is 0.269. The van der Waals surface area contributed by atoms with E-state index in [0.717, 1.165) is 23.9 Å². The Kier molecular flexibility index (Phi) is 10.6. The van der Waals surface area contributed by atoms with E-state index < -0.39 is 0 Å². The van der Waals surface area contributed by atoms with Gasteiger partial charge in [0.05, 0.1) is 12.7 Å². The largest absolute Gasteiger partial charge is 0.338 e. The van der Waals surface area contributed by atoms with Gasteiger partial charge in [-0.3, -0.25) is 9.28 Å². The molecule has 0 aromatic heterocycles. The van der Waals surface area contributed by atoms with Crippen molar-refractivity contribution in [3.63, 3.8) is 0 Å². The van der Waals surface area contributed by atoms with Crippen LogP contribution in [-0.2, 0) is 4.79 Å². The highest BCUT2D eigenvalue weighted by molar-refractivity contribution is 5.72. The van der Waals surface area contributed by atoms with E-state index in [-0.39, 0.29) is 12.1 Å². The SMILES string of the molecule is C=CCCCCCCCCCCC1NC=C[N+]1(CC)C(C)NC(C)=O. The molecule has 4 heteroatoms. The molecule has 0 saturated carbocycles. The average Bonchev–Trinajstić information content (AvgIpc) is 3.00. The molecule has 0 aliphatic carbocycles. The Bertz CT molecular complexity index is 421. The molecule has 144 valence electrons. The molecule has 0 spiro atoms. The highest BCUT2D eigenvalue weighted by Crippen LogP contribution is 2.26. The third kappa shape index (κ3) is 7.23. The average molecular weight is 351 g/mol. The fraction of sp³-hybridized carbons (Fsp3) is 0.762. The summed E-state index contributed by atoms with van der Waals surface area (Å²) < 4.78 is 0.808. The zero-order valence-electron chi connectivity index (χ0n) is 16.7. The lowest BCUT2D eigenvalue weighted by atomic mass is 10.0. The maximum absolute atomic E-state index is 11.4. The second-order valence-electron chi connectivity index (χ2n) is 7.38. The number of allylic oxidation sites excluding steroid dienone is 1. The number of hydrogen-bond acceptors (Lipinski definition) is 2. The summed E-state index contributed by atoms with van der Waals surface area (Å²) in [7, 11) is 0. The van der Waals surface area contributed by atoms with Crippen molar-refractivity contribution >= 4 is 5.91 Å². The number of quaternary nitrogens is 1. The van der Waals surface area contributed by atoms with Gasteiger partial charge in [-0.2, -0.15) is 0 Å². The van der Waals surface area contributed by atoms with E-state index in [1.807, 2.05) is 6.08 Å². The van der Waals surface area contributed by atoms with Gasteiger partial charge in [0.15, 0.2) is 12.3 Å². The van der Waals surface area contributed by atoms with Gasteiger partial charge in [-0.25, -0.2) is 0 Å². The number of rotatable bonds is 14. The molecule has 1 rings (SSSR count). The van der Waals surface area contributed by atoms with Crippen LogP contribution in [0.25, 0.3) is 0 Å². The zero-order valence-corrected chi connectivity index (χ0v) is 16.7. The molecule has 2 N–H and O–H groups in total. The summed E-state index contributed by atoms with van der Waals surface area (Å²) in [6.07, 6.45) is 19.8. The molecular weight excluding hydrogens is 310 g/mol. The van der Waals surface area contributed by atoms with Crippen molar-refractivity contribution in [2.75, 3.05) is 6.54 Å². The van der Waals surface area contributed by atoms with Crippen molar-refractivity contribution in [2.24, 2.45) is 0 Å². The number of nitrogens with one attached hydrogen (secondary N) is 2. The Labute approximate surface area is 155 Å². The maximum atomic E-state index is 11.4. The molecule has 0 saturated heterocycles. The van der Waals surface area contributed by atoms with Gasteiger partial charge in [0, 0.05) is 20.3 Å². The van der Waals surface area contributed by atoms with Gasteiger partial charge >= 0.3 is 0 Å². The summed E-state index contributed by atoms with van der Waals surface area (Å²) in [4.78, 5) is 11.4. The van der Waals surface area contributed by atoms with E-state index in [1.54, 1.807) is 6.92 Å². The van der Waals surface area contributed by atoms with Crippen LogP contribution in [0.3, 0.4) is 0 Å². The predicted octanol–water partition coefficient (Wildman–Crippen LogP) is 4.79. The van der Waals surface area contributed by atoms with E-state index in [0.29, 0.717) is 6.17 Å². The van der Waals surface area contributed by atoms with Gasteiger partial charge in [0.1, 0.15) is 6.20 Å². The number of nitrogens with zero attached hydrogens (tertiary/aromatic N) is 1. The van der Waals surface area contributed by atoms with E-state index in [4.69, 9.17) is 0 Å². The summed E-state index contributed by atoms with van der Waals surface area (Å²) in [5.41, 5.74) is 0. The van der Waals surface area contributed by atoms with Crippen LogP contribution in [0.4, 0.5) is 0 Å². The number of carbonyl (C=O) groups is 1. The molecular formula is C21H40N3O+. The second-order valence-corrected chi connectivity index (χ2v) is 7.38. The van der Waals surface area contributed by atoms with E-state index in [1.165, 1.54) is 51.4 Å². The minimum Gasteiger partial charge on any atom is -0.338 e. The Morgan fingerprint density at radius 2 is 1.80 bits per heavy atom. The van der Waals surface area contributed by atoms with Crippen LogP contribution in [0.2, 0.25) is 0 Å². The van der Waals surface area contributed by atoms with Crippen molar-refractivity contribution in [3.05, 3.63) is 25.1 Å². The normalized spacial score (nSPS) is 23.2. The van der Waals surface area contributed by atoms with Crippen LogP contribution >= 0.6 is 0 Å². The Hall–Kier alpha value is -1.29. The molecule has 3 atom stereocenters. The Balaban J connectivity index is 2.22. The summed E-state index contributed by atoms with van der Waals surface area (Å²) in [5.74, 6) is 0.0468. The minimum atomic E-state index is 0.0468. The number of carbonyl (C=O) groups excluding carboxylic acids is 1. The van der Waals surface area contributed by atoms with Crippen LogP contribution in [0.5, 0.6) is 0 Å². The minimum absolute atomic E-state index is 0.0468. The molecule has 0 aromatic carbocycles. The van der Waals surface area contributed by atoms with Gasteiger partial charge in [-0.1, -0.05) is 44.6 Å². The number of hydrogen-bond donors (Lipinski definition) is 2. The fourth-order valence-electron chi connectivity index (χ4n) is 3.96. The summed E-state index contributed by atoms with van der Waals surface area (Å²) in [6, 6.07) is 0. The van der Waals surface area contributed by atoms with Gasteiger partial charge in [-0.05, 0) is 26.2 Å². The summed E-state index contributed by atoms with van der Waals surface area (Å²) in [5, 5.41) is 6.60. The molecule has 4 nitrogen and oxygen atoms in total. The first-order chi connectivity index (χ1) is 12.1. The molecule has 0 bridgehead atoms. The molecule has 1 aliphatic rings. The Morgan fingerprint density at radius 3 is 2.36 bits per heavy atom. The van der Waals surface area contributed by atoms with Crippen molar-refractivity contribution in [1.29, 1.82) is 0 Å². The van der Waals surface area contributed by atoms with Crippen LogP contribution < -0.4 is 10.6 Å². The third-order valence-electron chi connectivity index (χ3n) is 5.54. The van der Waals surface area contributed by atoms with E-state index in [2.05, 4.69) is 43.5 Å². The number of amides is 1. The van der Waals surface area contributed by atoms with Gasteiger partial charge in [0.2, 0.25) is 5.91 Å². The highest BCUT2D eigenvalue weighted by Gasteiger charge is 2.41. The molecule has 25 heavy (non-hydrogen) atoms. The highest BCUT2D eigenvalue weighted by atomic mass is 16.1. The number of unbranched alkanes of at least 4 members (excludes halogenated alkanes) is 8. The third-order valence-corrected chi connectivity index (χ3v) is 5.54.